The number of hydrogen-bond acceptors (Lipinski definition) is 4. The summed E-state index contributed by atoms with van der Waals surface area (Å²) in [5, 5.41) is 18.7. The lowest BCUT2D eigenvalue weighted by Gasteiger charge is -2.16. The number of carbonyl (C=O) groups is 1. The zero-order chi connectivity index (χ0) is 12.9. The minimum absolute atomic E-state index is 0.0962. The number of ether oxygens (including phenoxy) is 2. The third-order valence-electron chi connectivity index (χ3n) is 3.49. The number of halogens is 1. The summed E-state index contributed by atoms with van der Waals surface area (Å²) in [5.41, 5.74) is -0.371. The fourth-order valence-corrected chi connectivity index (χ4v) is 2.38. The zero-order valence-corrected chi connectivity index (χ0v) is 9.40. The molecule has 0 spiro atoms. The molecule has 0 amide bonds. The number of aromatic hydroxyl groups is 1. The highest BCUT2D eigenvalue weighted by atomic mass is 19.1. The molecular formula is C12H11FO5. The summed E-state index contributed by atoms with van der Waals surface area (Å²) in [7, 11) is 0. The van der Waals surface area contributed by atoms with Crippen LogP contribution in [0.2, 0.25) is 0 Å². The summed E-state index contributed by atoms with van der Waals surface area (Å²) in [6.07, 6.45) is 1.11. The van der Waals surface area contributed by atoms with Gasteiger partial charge in [-0.05, 0) is 18.9 Å². The molecule has 2 aliphatic rings. The molecule has 0 saturated heterocycles. The monoisotopic (exact) mass is 254 g/mol. The number of phenols is 1. The van der Waals surface area contributed by atoms with Crippen LogP contribution in [0.25, 0.3) is 0 Å². The Morgan fingerprint density at radius 3 is 2.78 bits per heavy atom. The maximum atomic E-state index is 13.9. The van der Waals surface area contributed by atoms with Crippen LogP contribution in [-0.2, 0) is 10.2 Å². The maximum absolute atomic E-state index is 13.9. The first-order chi connectivity index (χ1) is 8.53. The number of rotatable bonds is 3. The van der Waals surface area contributed by atoms with Crippen molar-refractivity contribution in [2.75, 3.05) is 6.79 Å². The van der Waals surface area contributed by atoms with Crippen LogP contribution in [0, 0.1) is 5.82 Å². The van der Waals surface area contributed by atoms with Gasteiger partial charge in [0.2, 0.25) is 18.4 Å². The molecule has 96 valence electrons. The van der Waals surface area contributed by atoms with Crippen molar-refractivity contribution in [2.45, 2.75) is 24.7 Å². The Hall–Kier alpha value is -1.98. The standard InChI is InChI=1S/C12H11FO5/c13-9-10(16)6(3-7-11(9)18-5-17-7)12(1-2-12)4-8(14)15/h3,16H,1-2,4-5H2,(H,14,15). The third kappa shape index (κ3) is 1.48. The summed E-state index contributed by atoms with van der Waals surface area (Å²) >= 11 is 0. The van der Waals surface area contributed by atoms with Gasteiger partial charge in [0.15, 0.2) is 11.5 Å². The number of phenolic OH excluding ortho intramolecular Hbond substituents is 1. The molecule has 0 aromatic heterocycles. The van der Waals surface area contributed by atoms with Crippen LogP contribution >= 0.6 is 0 Å². The Kier molecular flexibility index (Phi) is 2.17. The molecule has 1 aliphatic carbocycles. The van der Waals surface area contributed by atoms with E-state index in [2.05, 4.69) is 0 Å². The lowest BCUT2D eigenvalue weighted by molar-refractivity contribution is -0.137. The number of carboxylic acids is 1. The van der Waals surface area contributed by atoms with Gasteiger partial charge in [-0.3, -0.25) is 4.79 Å². The van der Waals surface area contributed by atoms with E-state index >= 15 is 0 Å². The van der Waals surface area contributed by atoms with Gasteiger partial charge in [-0.1, -0.05) is 0 Å². The summed E-state index contributed by atoms with van der Waals surface area (Å²) in [4.78, 5) is 10.8. The predicted octanol–water partition coefficient (Wildman–Crippen LogP) is 1.77. The highest BCUT2D eigenvalue weighted by molar-refractivity contribution is 5.71. The first-order valence-corrected chi connectivity index (χ1v) is 5.57. The van der Waals surface area contributed by atoms with E-state index in [1.54, 1.807) is 0 Å². The van der Waals surface area contributed by atoms with Crippen molar-refractivity contribution in [1.29, 1.82) is 0 Å². The van der Waals surface area contributed by atoms with Crippen molar-refractivity contribution in [1.82, 2.24) is 0 Å². The van der Waals surface area contributed by atoms with Gasteiger partial charge in [0.1, 0.15) is 0 Å². The Bertz CT molecular complexity index is 536. The molecule has 1 aliphatic heterocycles. The van der Waals surface area contributed by atoms with E-state index in [1.807, 2.05) is 0 Å². The SMILES string of the molecule is O=C(O)CC1(c2cc3c(c(F)c2O)OCO3)CC1. The summed E-state index contributed by atoms with van der Waals surface area (Å²) in [6.45, 7) is -0.0962. The van der Waals surface area contributed by atoms with E-state index in [0.29, 0.717) is 18.4 Å². The van der Waals surface area contributed by atoms with E-state index in [-0.39, 0.29) is 24.7 Å². The van der Waals surface area contributed by atoms with Gasteiger partial charge < -0.3 is 19.7 Å². The molecule has 1 aromatic carbocycles. The Labute approximate surface area is 102 Å². The van der Waals surface area contributed by atoms with Crippen LogP contribution in [0.1, 0.15) is 24.8 Å². The van der Waals surface area contributed by atoms with Crippen LogP contribution < -0.4 is 9.47 Å². The van der Waals surface area contributed by atoms with Gasteiger partial charge >= 0.3 is 5.97 Å². The topological polar surface area (TPSA) is 76.0 Å². The number of fused-ring (bicyclic) bond motifs is 1. The van der Waals surface area contributed by atoms with E-state index in [9.17, 15) is 14.3 Å². The minimum atomic E-state index is -0.968. The molecule has 0 unspecified atom stereocenters. The molecule has 1 heterocycles. The molecule has 0 radical (unpaired) electrons. The Morgan fingerprint density at radius 2 is 2.17 bits per heavy atom. The molecule has 1 fully saturated rings. The first kappa shape index (κ1) is 11.1. The number of hydrogen-bond donors (Lipinski definition) is 2. The van der Waals surface area contributed by atoms with E-state index in [0.717, 1.165) is 0 Å². The van der Waals surface area contributed by atoms with Crippen molar-refractivity contribution in [3.8, 4) is 17.2 Å². The molecule has 0 bridgehead atoms. The fourth-order valence-electron chi connectivity index (χ4n) is 2.38. The lowest BCUT2D eigenvalue weighted by Crippen LogP contribution is -2.13. The number of benzene rings is 1. The zero-order valence-electron chi connectivity index (χ0n) is 9.40. The van der Waals surface area contributed by atoms with Gasteiger partial charge in [0, 0.05) is 11.0 Å². The molecule has 6 heteroatoms. The largest absolute Gasteiger partial charge is 0.505 e. The van der Waals surface area contributed by atoms with E-state index < -0.39 is 23.0 Å². The Balaban J connectivity index is 2.08. The van der Waals surface area contributed by atoms with Crippen LogP contribution in [0.15, 0.2) is 6.07 Å². The first-order valence-electron chi connectivity index (χ1n) is 5.57. The van der Waals surface area contributed by atoms with Gasteiger partial charge in [-0.2, -0.15) is 4.39 Å². The van der Waals surface area contributed by atoms with E-state index in [4.69, 9.17) is 14.6 Å². The normalized spacial score (nSPS) is 18.7. The number of aliphatic carboxylic acids is 1. The molecule has 1 aromatic rings. The van der Waals surface area contributed by atoms with Crippen LogP contribution in [-0.4, -0.2) is 23.0 Å². The van der Waals surface area contributed by atoms with Crippen molar-refractivity contribution in [3.63, 3.8) is 0 Å². The summed E-state index contributed by atoms with van der Waals surface area (Å²) in [5.74, 6) is -2.26. The smallest absolute Gasteiger partial charge is 0.304 e. The summed E-state index contributed by atoms with van der Waals surface area (Å²) in [6, 6.07) is 1.48. The van der Waals surface area contributed by atoms with Crippen LogP contribution in [0.3, 0.4) is 0 Å². The van der Waals surface area contributed by atoms with Crippen molar-refractivity contribution >= 4 is 5.97 Å². The quantitative estimate of drug-likeness (QED) is 0.859. The van der Waals surface area contributed by atoms with E-state index in [1.165, 1.54) is 6.07 Å². The molecular weight excluding hydrogens is 243 g/mol. The third-order valence-corrected chi connectivity index (χ3v) is 3.49. The van der Waals surface area contributed by atoms with Gasteiger partial charge in [0.05, 0.1) is 6.42 Å². The second-order valence-corrected chi connectivity index (χ2v) is 4.67. The average molecular weight is 254 g/mol. The average Bonchev–Trinajstić information content (AvgIpc) is 2.91. The fraction of sp³-hybridized carbons (Fsp3) is 0.417. The second-order valence-electron chi connectivity index (χ2n) is 4.67. The molecule has 1 saturated carbocycles. The van der Waals surface area contributed by atoms with Gasteiger partial charge in [0.25, 0.3) is 0 Å². The highest BCUT2D eigenvalue weighted by Crippen LogP contribution is 2.56. The molecule has 3 rings (SSSR count). The van der Waals surface area contributed by atoms with Crippen LogP contribution in [0.5, 0.6) is 17.2 Å². The van der Waals surface area contributed by atoms with Gasteiger partial charge in [-0.25, -0.2) is 0 Å². The van der Waals surface area contributed by atoms with Crippen molar-refractivity contribution < 1.29 is 28.9 Å². The summed E-state index contributed by atoms with van der Waals surface area (Å²) < 4.78 is 23.8. The highest BCUT2D eigenvalue weighted by Gasteiger charge is 2.49. The lowest BCUT2D eigenvalue weighted by atomic mass is 9.91. The molecule has 5 nitrogen and oxygen atoms in total. The number of carboxylic acid groups (broad SMARTS) is 1. The molecule has 18 heavy (non-hydrogen) atoms. The maximum Gasteiger partial charge on any atom is 0.304 e. The van der Waals surface area contributed by atoms with Crippen molar-refractivity contribution in [3.05, 3.63) is 17.4 Å². The molecule has 2 N–H and O–H groups in total. The second kappa shape index (κ2) is 3.51. The van der Waals surface area contributed by atoms with Crippen molar-refractivity contribution in [2.24, 2.45) is 0 Å². The minimum Gasteiger partial charge on any atom is -0.505 e. The Morgan fingerprint density at radius 1 is 1.44 bits per heavy atom. The predicted molar refractivity (Wildman–Crippen MR) is 57.4 cm³/mol. The van der Waals surface area contributed by atoms with Crippen LogP contribution in [0.4, 0.5) is 4.39 Å². The van der Waals surface area contributed by atoms with Gasteiger partial charge in [-0.15, -0.1) is 0 Å². The molecule has 0 atom stereocenters.